The van der Waals surface area contributed by atoms with E-state index < -0.39 is 194 Å². The van der Waals surface area contributed by atoms with Gasteiger partial charge in [0.1, 0.15) is 78.7 Å². The van der Waals surface area contributed by atoms with E-state index in [2.05, 4.69) is 58.5 Å². The summed E-state index contributed by atoms with van der Waals surface area (Å²) < 4.78 is 11.1. The molecule has 2 fully saturated rings. The number of carboxylic acid groups (broad SMARTS) is 1. The Balaban J connectivity index is 2.80. The number of hydrogen-bond donors (Lipinski definition) is 21. The zero-order chi connectivity index (χ0) is 70.4. The van der Waals surface area contributed by atoms with Crippen LogP contribution >= 0.6 is 0 Å². The van der Waals surface area contributed by atoms with Gasteiger partial charge in [-0.1, -0.05) is 54.4 Å². The lowest BCUT2D eigenvalue weighted by Gasteiger charge is -2.40. The molecular weight excluding hydrogens is 1220 g/mol. The normalized spacial score (nSPS) is 27.0. The molecule has 18 atom stereocenters. The Hall–Kier alpha value is -6.80. The van der Waals surface area contributed by atoms with Crippen LogP contribution in [0, 0.1) is 17.8 Å². The second kappa shape index (κ2) is 41.8. The Kier molecular flexibility index (Phi) is 37.0. The van der Waals surface area contributed by atoms with Crippen LogP contribution in [0.1, 0.15) is 132 Å². The molecular formula is C58H106N16O19. The van der Waals surface area contributed by atoms with Crippen LogP contribution in [-0.2, 0) is 67.0 Å². The maximum absolute atomic E-state index is 14.7. The van der Waals surface area contributed by atoms with Gasteiger partial charge < -0.3 is 122 Å². The summed E-state index contributed by atoms with van der Waals surface area (Å²) >= 11 is 0. The molecule has 35 nitrogen and oxygen atoms in total. The topological polar surface area (TPSA) is 587 Å². The van der Waals surface area contributed by atoms with Crippen LogP contribution in [-0.4, -0.2) is 239 Å². The van der Waals surface area contributed by atoms with Gasteiger partial charge in [0.2, 0.25) is 65.0 Å². The minimum absolute atomic E-state index is 0.00650. The van der Waals surface area contributed by atoms with Gasteiger partial charge in [0, 0.05) is 13.0 Å². The van der Waals surface area contributed by atoms with E-state index in [0.29, 0.717) is 18.8 Å². The number of nitrogens with one attached hydrogen (secondary N) is 11. The molecule has 0 aromatic carbocycles. The fourth-order valence-corrected chi connectivity index (χ4v) is 10.0. The molecule has 35 heteroatoms. The van der Waals surface area contributed by atoms with Crippen LogP contribution in [0.15, 0.2) is 0 Å². The van der Waals surface area contributed by atoms with Gasteiger partial charge in [0.05, 0.1) is 12.2 Å². The molecule has 26 N–H and O–H groups in total. The quantitative estimate of drug-likeness (QED) is 0.0307. The monoisotopic (exact) mass is 1330 g/mol. The predicted molar refractivity (Wildman–Crippen MR) is 334 cm³/mol. The third-order valence-electron chi connectivity index (χ3n) is 15.6. The van der Waals surface area contributed by atoms with E-state index in [-0.39, 0.29) is 89.5 Å². The summed E-state index contributed by atoms with van der Waals surface area (Å²) in [6.45, 7) is 11.8. The molecule has 2 rings (SSSR count). The van der Waals surface area contributed by atoms with Crippen molar-refractivity contribution < 1.29 is 92.5 Å². The molecule has 93 heavy (non-hydrogen) atoms. The predicted octanol–water partition coefficient (Wildman–Crippen LogP) is -7.91. The molecule has 2 heterocycles. The Bertz CT molecular complexity index is 2470. The van der Waals surface area contributed by atoms with Crippen molar-refractivity contribution in [3.63, 3.8) is 0 Å². The zero-order valence-corrected chi connectivity index (χ0v) is 54.6. The van der Waals surface area contributed by atoms with E-state index in [1.807, 2.05) is 13.8 Å². The first-order chi connectivity index (χ1) is 43.8. The molecule has 11 amide bonds. The van der Waals surface area contributed by atoms with Crippen molar-refractivity contribution in [2.45, 2.75) is 236 Å². The Morgan fingerprint density at radius 1 is 0.570 bits per heavy atom. The number of aliphatic hydroxyl groups excluding tert-OH is 4. The summed E-state index contributed by atoms with van der Waals surface area (Å²) in [5.74, 6) is -12.5. The molecule has 2 aliphatic heterocycles. The first kappa shape index (κ1) is 82.3. The number of nitrogens with two attached hydrogens (primary N) is 5. The fourth-order valence-electron chi connectivity index (χ4n) is 10.0. The van der Waals surface area contributed by atoms with Crippen LogP contribution in [0.5, 0.6) is 0 Å². The van der Waals surface area contributed by atoms with Crippen LogP contribution in [0.3, 0.4) is 0 Å². The molecule has 2 aliphatic rings. The van der Waals surface area contributed by atoms with E-state index in [1.54, 1.807) is 27.7 Å². The van der Waals surface area contributed by atoms with E-state index in [1.165, 1.54) is 0 Å². The van der Waals surface area contributed by atoms with Crippen molar-refractivity contribution in [1.82, 2.24) is 58.5 Å². The fraction of sp³-hybridized carbons (Fsp3) is 0.793. The average Bonchev–Trinajstić information content (AvgIpc) is 0.929. The standard InChI is InChI=1S/C58H106N16O19/c1-9-29(6)11-10-12-40(76)65-32(13-19-59)51(84)74-42(31(8)92-58-45(79)43(77)44(78)46(93-58)57(90)91)56(89)70-35(16-22-62)48(81)69-37-18-24-64-55(88)41(30(7)75)73-52(85)36(17-23-63)67-47(80)33(14-20-60)68-53(86)38(25-27(2)3)72-54(87)39(26-28(4)5)71-49(82)34(15-21-61)66-50(37)83/h27-39,41-46,58,75,77-79H,9-26,59-63H2,1-8H3,(H,64,88)(H,65,76)(H,66,83)(H,67,80)(H,68,86)(H,69,81)(H,70,89)(H,71,82)(H,72,87)(H,73,85)(H,74,84)(H,90,91)/t29?,30-,31-,32+,33+,34+,35+,36+,37+,38+,39-,41+,42+,43?,44?,45?,46?,58?/m1/s1. The van der Waals surface area contributed by atoms with Crippen molar-refractivity contribution in [1.29, 1.82) is 0 Å². The number of rotatable bonds is 31. The highest BCUT2D eigenvalue weighted by atomic mass is 16.7. The van der Waals surface area contributed by atoms with Gasteiger partial charge in [-0.25, -0.2) is 4.79 Å². The molecule has 0 aromatic heterocycles. The molecule has 0 radical (unpaired) electrons. The Labute approximate surface area is 541 Å². The highest BCUT2D eigenvalue weighted by molar-refractivity contribution is 5.99. The molecule has 0 aromatic rings. The first-order valence-electron chi connectivity index (χ1n) is 31.9. The minimum atomic E-state index is -2.17. The molecule has 532 valence electrons. The van der Waals surface area contributed by atoms with Gasteiger partial charge in [-0.15, -0.1) is 0 Å². The van der Waals surface area contributed by atoms with Gasteiger partial charge >= 0.3 is 5.97 Å². The van der Waals surface area contributed by atoms with Crippen molar-refractivity contribution >= 4 is 70.9 Å². The number of hydrogen-bond acceptors (Lipinski definition) is 23. The van der Waals surface area contributed by atoms with E-state index in [0.717, 1.165) is 20.3 Å². The number of ether oxygens (including phenoxy) is 2. The highest BCUT2D eigenvalue weighted by Crippen LogP contribution is 2.24. The third-order valence-corrected chi connectivity index (χ3v) is 15.6. The van der Waals surface area contributed by atoms with Crippen molar-refractivity contribution in [2.24, 2.45) is 46.4 Å². The second-order valence-corrected chi connectivity index (χ2v) is 24.5. The number of amides is 11. The van der Waals surface area contributed by atoms with E-state index in [4.69, 9.17) is 38.1 Å². The molecule has 0 bridgehead atoms. The lowest BCUT2D eigenvalue weighted by Crippen LogP contribution is -2.64. The third kappa shape index (κ3) is 27.6. The van der Waals surface area contributed by atoms with Crippen LogP contribution in [0.2, 0.25) is 0 Å². The summed E-state index contributed by atoms with van der Waals surface area (Å²) in [5, 5.41) is 80.1. The first-order valence-corrected chi connectivity index (χ1v) is 31.9. The summed E-state index contributed by atoms with van der Waals surface area (Å²) in [6.07, 6.45) is -13.7. The maximum atomic E-state index is 14.7. The largest absolute Gasteiger partial charge is 0.479 e. The minimum Gasteiger partial charge on any atom is -0.479 e. The number of carbonyl (C=O) groups is 12. The zero-order valence-electron chi connectivity index (χ0n) is 54.6. The molecule has 0 spiro atoms. The molecule has 2 saturated heterocycles. The van der Waals surface area contributed by atoms with Crippen molar-refractivity contribution in [2.75, 3.05) is 39.3 Å². The van der Waals surface area contributed by atoms with Gasteiger partial charge in [-0.3, -0.25) is 52.7 Å². The van der Waals surface area contributed by atoms with E-state index >= 15 is 0 Å². The molecule has 0 aliphatic carbocycles. The van der Waals surface area contributed by atoms with Gasteiger partial charge in [-0.2, -0.15) is 0 Å². The smallest absolute Gasteiger partial charge is 0.335 e. The summed E-state index contributed by atoms with van der Waals surface area (Å²) in [4.78, 5) is 168. The summed E-state index contributed by atoms with van der Waals surface area (Å²) in [6, 6.07) is -15.7. The second-order valence-electron chi connectivity index (χ2n) is 24.5. The van der Waals surface area contributed by atoms with Crippen LogP contribution in [0.25, 0.3) is 0 Å². The van der Waals surface area contributed by atoms with Gasteiger partial charge in [0.15, 0.2) is 12.4 Å². The SMILES string of the molecule is CCC(C)CCCC(=O)N[C@@H](CCN)C(=O)N[C@H](C(=O)N[C@@H](CCN)C(=O)N[C@H]1CCNC(=O)[C@H]([C@@H](C)O)NC(=O)[C@H](CCN)NC(=O)[C@H](CCN)NC(=O)[C@H](CC(C)C)NC(=O)[C@@H](CC(C)C)NC(=O)[C@H](CCN)NC1=O)[C@@H](C)OC1OC(C(=O)O)C(O)C(O)C1O. The number of aliphatic hydroxyl groups is 4. The number of carbonyl (C=O) groups excluding carboxylic acids is 11. The number of carboxylic acids is 1. The summed E-state index contributed by atoms with van der Waals surface area (Å²) in [7, 11) is 0. The lowest BCUT2D eigenvalue weighted by atomic mass is 9.99. The Morgan fingerprint density at radius 3 is 1.48 bits per heavy atom. The molecule has 0 saturated carbocycles. The van der Waals surface area contributed by atoms with Crippen molar-refractivity contribution in [3.05, 3.63) is 0 Å². The van der Waals surface area contributed by atoms with Gasteiger partial charge in [0.25, 0.3) is 0 Å². The number of aliphatic carboxylic acids is 1. The molecule has 6 unspecified atom stereocenters. The van der Waals surface area contributed by atoms with Crippen molar-refractivity contribution in [3.8, 4) is 0 Å². The summed E-state index contributed by atoms with van der Waals surface area (Å²) in [5.41, 5.74) is 29.4. The maximum Gasteiger partial charge on any atom is 0.335 e. The highest BCUT2D eigenvalue weighted by Gasteiger charge is 2.49. The van der Waals surface area contributed by atoms with Crippen LogP contribution in [0.4, 0.5) is 0 Å². The van der Waals surface area contributed by atoms with Crippen LogP contribution < -0.4 is 87.2 Å². The average molecular weight is 1330 g/mol. The van der Waals surface area contributed by atoms with E-state index in [9.17, 15) is 83.1 Å². The lowest BCUT2D eigenvalue weighted by molar-refractivity contribution is -0.304. The van der Waals surface area contributed by atoms with Gasteiger partial charge in [-0.05, 0) is 122 Å². The Morgan fingerprint density at radius 2 is 1.03 bits per heavy atom.